The lowest BCUT2D eigenvalue weighted by atomic mass is 9.99. The smallest absolute Gasteiger partial charge is 0.123 e. The molecule has 0 saturated carbocycles. The summed E-state index contributed by atoms with van der Waals surface area (Å²) in [6.45, 7) is 5.69. The highest BCUT2D eigenvalue weighted by atomic mass is 19.1. The molecule has 2 heteroatoms. The summed E-state index contributed by atoms with van der Waals surface area (Å²) < 4.78 is 12.9. The maximum Gasteiger partial charge on any atom is 0.123 e. The van der Waals surface area contributed by atoms with Gasteiger partial charge in [0, 0.05) is 18.6 Å². The fourth-order valence-corrected chi connectivity index (χ4v) is 3.19. The normalized spacial score (nSPS) is 27.9. The summed E-state index contributed by atoms with van der Waals surface area (Å²) in [6.07, 6.45) is 3.63. The number of halogens is 1. The van der Waals surface area contributed by atoms with E-state index in [2.05, 4.69) is 24.8 Å². The molecule has 0 amide bonds. The van der Waals surface area contributed by atoms with Gasteiger partial charge in [0.15, 0.2) is 0 Å². The van der Waals surface area contributed by atoms with Crippen molar-refractivity contribution in [1.29, 1.82) is 0 Å². The van der Waals surface area contributed by atoms with E-state index >= 15 is 0 Å². The average Bonchev–Trinajstić information content (AvgIpc) is 2.89. The van der Waals surface area contributed by atoms with Gasteiger partial charge in [0.2, 0.25) is 0 Å². The van der Waals surface area contributed by atoms with Crippen molar-refractivity contribution in [3.05, 3.63) is 41.7 Å². The standard InChI is InChI=1S/C15H18FN/c1-10(2)17-9-11-7-14(15(17)8-11)12-3-5-13(16)6-4-12/h3-7,10-11,15H,8-9H2,1-2H3. The molecular weight excluding hydrogens is 213 g/mol. The predicted molar refractivity (Wildman–Crippen MR) is 68.1 cm³/mol. The highest BCUT2D eigenvalue weighted by molar-refractivity contribution is 5.73. The van der Waals surface area contributed by atoms with Crippen molar-refractivity contribution in [2.24, 2.45) is 5.92 Å². The summed E-state index contributed by atoms with van der Waals surface area (Å²) in [7, 11) is 0. The third kappa shape index (κ3) is 1.81. The van der Waals surface area contributed by atoms with Crippen molar-refractivity contribution in [2.75, 3.05) is 6.54 Å². The van der Waals surface area contributed by atoms with Gasteiger partial charge in [-0.05, 0) is 49.5 Å². The molecule has 1 heterocycles. The second kappa shape index (κ2) is 3.95. The molecule has 0 spiro atoms. The fourth-order valence-electron chi connectivity index (χ4n) is 3.19. The van der Waals surface area contributed by atoms with Gasteiger partial charge in [0.05, 0.1) is 0 Å². The van der Waals surface area contributed by atoms with E-state index < -0.39 is 0 Å². The van der Waals surface area contributed by atoms with Crippen molar-refractivity contribution in [1.82, 2.24) is 4.90 Å². The van der Waals surface area contributed by atoms with E-state index in [1.54, 1.807) is 12.1 Å². The van der Waals surface area contributed by atoms with Gasteiger partial charge in [-0.2, -0.15) is 0 Å². The van der Waals surface area contributed by atoms with E-state index in [1.165, 1.54) is 24.1 Å². The molecule has 2 aliphatic rings. The molecule has 1 nitrogen and oxygen atoms in total. The number of fused-ring (bicyclic) bond motifs is 2. The lowest BCUT2D eigenvalue weighted by Crippen LogP contribution is -2.37. The first kappa shape index (κ1) is 11.0. The van der Waals surface area contributed by atoms with Crippen molar-refractivity contribution in [2.45, 2.75) is 32.4 Å². The Morgan fingerprint density at radius 1 is 1.24 bits per heavy atom. The highest BCUT2D eigenvalue weighted by Gasteiger charge is 2.40. The molecule has 0 aromatic heterocycles. The van der Waals surface area contributed by atoms with Crippen molar-refractivity contribution < 1.29 is 4.39 Å². The van der Waals surface area contributed by atoms with Crippen molar-refractivity contribution in [3.8, 4) is 0 Å². The highest BCUT2D eigenvalue weighted by Crippen LogP contribution is 2.42. The van der Waals surface area contributed by atoms with Gasteiger partial charge in [0.25, 0.3) is 0 Å². The number of hydrogen-bond acceptors (Lipinski definition) is 1. The SMILES string of the molecule is CC(C)N1CC2C=C(c3ccc(F)cc3)C1C2. The Balaban J connectivity index is 1.90. The topological polar surface area (TPSA) is 3.24 Å². The molecule has 2 atom stereocenters. The van der Waals surface area contributed by atoms with Crippen LogP contribution in [0.5, 0.6) is 0 Å². The summed E-state index contributed by atoms with van der Waals surface area (Å²) in [4.78, 5) is 2.56. The van der Waals surface area contributed by atoms with Crippen LogP contribution in [0, 0.1) is 11.7 Å². The summed E-state index contributed by atoms with van der Waals surface area (Å²) in [5, 5.41) is 0. The molecule has 2 unspecified atom stereocenters. The summed E-state index contributed by atoms with van der Waals surface area (Å²) in [6, 6.07) is 8.06. The quantitative estimate of drug-likeness (QED) is 0.754. The van der Waals surface area contributed by atoms with Crippen LogP contribution >= 0.6 is 0 Å². The Morgan fingerprint density at radius 3 is 2.53 bits per heavy atom. The van der Waals surface area contributed by atoms with Crippen LogP contribution in [0.2, 0.25) is 0 Å². The number of hydrogen-bond donors (Lipinski definition) is 0. The Morgan fingerprint density at radius 2 is 1.94 bits per heavy atom. The maximum atomic E-state index is 12.9. The van der Waals surface area contributed by atoms with Crippen LogP contribution in [0.4, 0.5) is 4.39 Å². The summed E-state index contributed by atoms with van der Waals surface area (Å²) >= 11 is 0. The van der Waals surface area contributed by atoms with Crippen LogP contribution in [-0.2, 0) is 0 Å². The number of benzene rings is 1. The molecular formula is C15H18FN. The lowest BCUT2D eigenvalue weighted by molar-refractivity contribution is 0.231. The minimum absolute atomic E-state index is 0.154. The van der Waals surface area contributed by atoms with Crippen LogP contribution in [-0.4, -0.2) is 23.5 Å². The molecule has 0 N–H and O–H groups in total. The molecule has 1 aromatic rings. The fraction of sp³-hybridized carbons (Fsp3) is 0.467. The Kier molecular flexibility index (Phi) is 2.55. The number of nitrogens with zero attached hydrogens (tertiary/aromatic N) is 1. The molecule has 1 aliphatic heterocycles. The van der Waals surface area contributed by atoms with E-state index in [4.69, 9.17) is 0 Å². The van der Waals surface area contributed by atoms with Crippen LogP contribution < -0.4 is 0 Å². The minimum Gasteiger partial charge on any atom is -0.293 e. The third-order valence-electron chi connectivity index (χ3n) is 3.99. The van der Waals surface area contributed by atoms with Gasteiger partial charge in [0.1, 0.15) is 5.82 Å². The Hall–Kier alpha value is -1.15. The monoisotopic (exact) mass is 231 g/mol. The van der Waals surface area contributed by atoms with Gasteiger partial charge in [-0.1, -0.05) is 18.2 Å². The molecule has 1 fully saturated rings. The molecule has 2 bridgehead atoms. The second-order valence-electron chi connectivity index (χ2n) is 5.43. The number of likely N-dealkylation sites (tertiary alicyclic amines) is 1. The molecule has 0 radical (unpaired) electrons. The van der Waals surface area contributed by atoms with E-state index in [0.717, 1.165) is 0 Å². The molecule has 17 heavy (non-hydrogen) atoms. The molecule has 90 valence electrons. The first-order valence-electron chi connectivity index (χ1n) is 6.38. The van der Waals surface area contributed by atoms with Gasteiger partial charge in [-0.25, -0.2) is 4.39 Å². The van der Waals surface area contributed by atoms with Gasteiger partial charge < -0.3 is 0 Å². The zero-order valence-electron chi connectivity index (χ0n) is 10.4. The van der Waals surface area contributed by atoms with E-state index in [-0.39, 0.29) is 5.82 Å². The zero-order valence-corrected chi connectivity index (χ0v) is 10.4. The second-order valence-corrected chi connectivity index (χ2v) is 5.43. The van der Waals surface area contributed by atoms with Crippen molar-refractivity contribution >= 4 is 5.57 Å². The van der Waals surface area contributed by atoms with Gasteiger partial charge in [-0.3, -0.25) is 4.90 Å². The predicted octanol–water partition coefficient (Wildman–Crippen LogP) is 3.32. The average molecular weight is 231 g/mol. The van der Waals surface area contributed by atoms with Gasteiger partial charge in [-0.15, -0.1) is 0 Å². The summed E-state index contributed by atoms with van der Waals surface area (Å²) in [5.41, 5.74) is 2.58. The van der Waals surface area contributed by atoms with Crippen LogP contribution in [0.25, 0.3) is 5.57 Å². The Bertz CT molecular complexity index is 446. The van der Waals surface area contributed by atoms with Crippen LogP contribution in [0.1, 0.15) is 25.8 Å². The first-order chi connectivity index (χ1) is 8.15. The Labute approximate surface area is 102 Å². The van der Waals surface area contributed by atoms with Crippen molar-refractivity contribution in [3.63, 3.8) is 0 Å². The molecule has 1 saturated heterocycles. The van der Waals surface area contributed by atoms with E-state index in [9.17, 15) is 4.39 Å². The maximum absolute atomic E-state index is 12.9. The number of rotatable bonds is 2. The van der Waals surface area contributed by atoms with E-state index in [0.29, 0.717) is 18.0 Å². The largest absolute Gasteiger partial charge is 0.293 e. The lowest BCUT2D eigenvalue weighted by Gasteiger charge is -2.31. The minimum atomic E-state index is -0.154. The molecule has 1 aliphatic carbocycles. The molecule has 3 rings (SSSR count). The first-order valence-corrected chi connectivity index (χ1v) is 6.38. The van der Waals surface area contributed by atoms with Crippen LogP contribution in [0.3, 0.4) is 0 Å². The third-order valence-corrected chi connectivity index (χ3v) is 3.99. The zero-order chi connectivity index (χ0) is 12.0. The van der Waals surface area contributed by atoms with Crippen LogP contribution in [0.15, 0.2) is 30.3 Å². The van der Waals surface area contributed by atoms with Gasteiger partial charge >= 0.3 is 0 Å². The van der Waals surface area contributed by atoms with E-state index in [1.807, 2.05) is 12.1 Å². The summed E-state index contributed by atoms with van der Waals surface area (Å²) in [5.74, 6) is 0.542. The molecule has 1 aromatic carbocycles.